The van der Waals surface area contributed by atoms with Crippen molar-refractivity contribution >= 4 is 21.7 Å². The van der Waals surface area contributed by atoms with Crippen LogP contribution >= 0.6 is 15.9 Å². The van der Waals surface area contributed by atoms with Crippen molar-refractivity contribution in [2.24, 2.45) is 7.05 Å². The van der Waals surface area contributed by atoms with E-state index in [1.165, 1.54) is 25.7 Å². The zero-order valence-electron chi connectivity index (χ0n) is 11.7. The van der Waals surface area contributed by atoms with Crippen LogP contribution in [0.3, 0.4) is 0 Å². The summed E-state index contributed by atoms with van der Waals surface area (Å²) in [6.45, 7) is 0. The smallest absolute Gasteiger partial charge is 0.182 e. The fourth-order valence-corrected chi connectivity index (χ4v) is 3.45. The molecule has 1 N–H and O–H groups in total. The predicted molar refractivity (Wildman–Crippen MR) is 82.7 cm³/mol. The number of aromatic nitrogens is 4. The van der Waals surface area contributed by atoms with Crippen LogP contribution in [0, 0.1) is 0 Å². The molecule has 6 heteroatoms. The van der Waals surface area contributed by atoms with Crippen molar-refractivity contribution in [3.8, 4) is 11.5 Å². The molecule has 0 spiro atoms. The van der Waals surface area contributed by atoms with E-state index >= 15 is 0 Å². The first-order valence-electron chi connectivity index (χ1n) is 6.94. The van der Waals surface area contributed by atoms with Crippen molar-refractivity contribution < 1.29 is 0 Å². The Labute approximate surface area is 127 Å². The summed E-state index contributed by atoms with van der Waals surface area (Å²) < 4.78 is 2.77. The Kier molecular flexibility index (Phi) is 3.74. The van der Waals surface area contributed by atoms with Crippen molar-refractivity contribution in [2.75, 3.05) is 12.4 Å². The molecule has 1 aliphatic carbocycles. The molecule has 2 aromatic rings. The van der Waals surface area contributed by atoms with Gasteiger partial charge in [0.1, 0.15) is 11.5 Å². The molecule has 2 heterocycles. The van der Waals surface area contributed by atoms with Crippen LogP contribution in [0.5, 0.6) is 0 Å². The maximum atomic E-state index is 4.77. The van der Waals surface area contributed by atoms with E-state index in [0.29, 0.717) is 11.7 Å². The van der Waals surface area contributed by atoms with Gasteiger partial charge in [0.25, 0.3) is 0 Å². The molecule has 0 aliphatic heterocycles. The molecule has 0 bridgehead atoms. The molecule has 20 heavy (non-hydrogen) atoms. The predicted octanol–water partition coefficient (Wildman–Crippen LogP) is 3.34. The van der Waals surface area contributed by atoms with Gasteiger partial charge >= 0.3 is 0 Å². The quantitative estimate of drug-likeness (QED) is 0.934. The van der Waals surface area contributed by atoms with Gasteiger partial charge in [-0.3, -0.25) is 4.68 Å². The van der Waals surface area contributed by atoms with Gasteiger partial charge in [-0.05, 0) is 34.8 Å². The lowest BCUT2D eigenvalue weighted by Crippen LogP contribution is -2.06. The van der Waals surface area contributed by atoms with E-state index in [9.17, 15) is 0 Å². The highest BCUT2D eigenvalue weighted by atomic mass is 79.9. The zero-order chi connectivity index (χ0) is 14.1. The highest BCUT2D eigenvalue weighted by molar-refractivity contribution is 9.10. The number of rotatable bonds is 3. The Morgan fingerprint density at radius 3 is 2.65 bits per heavy atom. The van der Waals surface area contributed by atoms with Crippen molar-refractivity contribution in [3.05, 3.63) is 22.4 Å². The van der Waals surface area contributed by atoms with Crippen LogP contribution in [-0.2, 0) is 7.05 Å². The highest BCUT2D eigenvalue weighted by Crippen LogP contribution is 2.39. The Hall–Kier alpha value is -1.43. The summed E-state index contributed by atoms with van der Waals surface area (Å²) in [5.74, 6) is 2.06. The lowest BCUT2D eigenvalue weighted by Gasteiger charge is -2.14. The molecule has 0 unspecified atom stereocenters. The molecule has 2 aromatic heterocycles. The van der Waals surface area contributed by atoms with Gasteiger partial charge in [-0.15, -0.1) is 0 Å². The van der Waals surface area contributed by atoms with E-state index < -0.39 is 0 Å². The van der Waals surface area contributed by atoms with E-state index in [4.69, 9.17) is 4.98 Å². The van der Waals surface area contributed by atoms with Crippen LogP contribution in [-0.4, -0.2) is 26.8 Å². The second kappa shape index (κ2) is 5.52. The van der Waals surface area contributed by atoms with Gasteiger partial charge in [0.15, 0.2) is 5.82 Å². The van der Waals surface area contributed by atoms with Gasteiger partial charge < -0.3 is 5.32 Å². The van der Waals surface area contributed by atoms with Gasteiger partial charge in [0, 0.05) is 26.2 Å². The number of nitrogens with one attached hydrogen (secondary N) is 1. The number of hydrogen-bond donors (Lipinski definition) is 1. The van der Waals surface area contributed by atoms with Crippen LogP contribution < -0.4 is 5.32 Å². The van der Waals surface area contributed by atoms with Gasteiger partial charge in [-0.2, -0.15) is 5.10 Å². The van der Waals surface area contributed by atoms with E-state index in [2.05, 4.69) is 31.3 Å². The molecule has 0 aromatic carbocycles. The number of nitrogens with zero attached hydrogens (tertiary/aromatic N) is 4. The van der Waals surface area contributed by atoms with Crippen LogP contribution in [0.2, 0.25) is 0 Å². The minimum Gasteiger partial charge on any atom is -0.372 e. The molecular weight excluding hydrogens is 318 g/mol. The van der Waals surface area contributed by atoms with Crippen LogP contribution in [0.4, 0.5) is 5.82 Å². The molecule has 0 radical (unpaired) electrons. The number of anilines is 1. The minimum atomic E-state index is 0.530. The summed E-state index contributed by atoms with van der Waals surface area (Å²) in [7, 11) is 3.78. The normalized spacial score (nSPS) is 15.8. The Morgan fingerprint density at radius 1 is 1.30 bits per heavy atom. The summed E-state index contributed by atoms with van der Waals surface area (Å²) >= 11 is 3.65. The Balaban J connectivity index is 2.09. The van der Waals surface area contributed by atoms with Crippen molar-refractivity contribution in [2.45, 2.75) is 31.6 Å². The first-order valence-corrected chi connectivity index (χ1v) is 7.73. The SMILES string of the molecule is CNc1nc(-c2ccn(C)n2)nc(C2CCCC2)c1Br. The average molecular weight is 336 g/mol. The fraction of sp³-hybridized carbons (Fsp3) is 0.500. The molecule has 0 saturated heterocycles. The second-order valence-electron chi connectivity index (χ2n) is 5.20. The summed E-state index contributed by atoms with van der Waals surface area (Å²) in [6, 6.07) is 1.95. The van der Waals surface area contributed by atoms with Crippen LogP contribution in [0.1, 0.15) is 37.3 Å². The average Bonchev–Trinajstić information content (AvgIpc) is 3.10. The third kappa shape index (κ3) is 2.44. The van der Waals surface area contributed by atoms with Crippen molar-refractivity contribution in [3.63, 3.8) is 0 Å². The third-order valence-corrected chi connectivity index (χ3v) is 4.58. The van der Waals surface area contributed by atoms with Gasteiger partial charge in [0.05, 0.1) is 10.2 Å². The molecular formula is C14H18BrN5. The molecule has 3 rings (SSSR count). The molecule has 0 atom stereocenters. The highest BCUT2D eigenvalue weighted by Gasteiger charge is 2.24. The Bertz CT molecular complexity index is 616. The summed E-state index contributed by atoms with van der Waals surface area (Å²) in [6.07, 6.45) is 6.90. The topological polar surface area (TPSA) is 55.6 Å². The maximum Gasteiger partial charge on any atom is 0.182 e. The van der Waals surface area contributed by atoms with Crippen LogP contribution in [0.25, 0.3) is 11.5 Å². The maximum absolute atomic E-state index is 4.77. The van der Waals surface area contributed by atoms with E-state index in [0.717, 1.165) is 21.7 Å². The lowest BCUT2D eigenvalue weighted by atomic mass is 10.0. The number of aryl methyl sites for hydroxylation is 1. The van der Waals surface area contributed by atoms with Crippen LogP contribution in [0.15, 0.2) is 16.7 Å². The first kappa shape index (κ1) is 13.5. The fourth-order valence-electron chi connectivity index (χ4n) is 2.75. The number of halogens is 1. The number of hydrogen-bond acceptors (Lipinski definition) is 4. The molecule has 5 nitrogen and oxygen atoms in total. The molecule has 106 valence electrons. The monoisotopic (exact) mass is 335 g/mol. The molecule has 1 aliphatic rings. The zero-order valence-corrected chi connectivity index (χ0v) is 13.3. The first-order chi connectivity index (χ1) is 9.69. The standard InChI is InChI=1S/C14H18BrN5/c1-16-14-11(15)12(9-5-3-4-6-9)17-13(18-14)10-7-8-20(2)19-10/h7-9H,3-6H2,1-2H3,(H,16,17,18). The van der Waals surface area contributed by atoms with E-state index in [1.54, 1.807) is 4.68 Å². The second-order valence-corrected chi connectivity index (χ2v) is 5.99. The minimum absolute atomic E-state index is 0.530. The summed E-state index contributed by atoms with van der Waals surface area (Å²) in [5, 5.41) is 7.55. The summed E-state index contributed by atoms with van der Waals surface area (Å²) in [5.41, 5.74) is 1.93. The van der Waals surface area contributed by atoms with E-state index in [1.807, 2.05) is 26.4 Å². The Morgan fingerprint density at radius 2 is 2.05 bits per heavy atom. The van der Waals surface area contributed by atoms with Gasteiger partial charge in [-0.25, -0.2) is 9.97 Å². The van der Waals surface area contributed by atoms with Crippen molar-refractivity contribution in [1.29, 1.82) is 0 Å². The van der Waals surface area contributed by atoms with Gasteiger partial charge in [0.2, 0.25) is 0 Å². The molecule has 0 amide bonds. The molecule has 1 fully saturated rings. The largest absolute Gasteiger partial charge is 0.372 e. The summed E-state index contributed by atoms with van der Waals surface area (Å²) in [4.78, 5) is 9.33. The lowest BCUT2D eigenvalue weighted by molar-refractivity contribution is 0.690. The van der Waals surface area contributed by atoms with Gasteiger partial charge in [-0.1, -0.05) is 12.8 Å². The van der Waals surface area contributed by atoms with Crippen molar-refractivity contribution in [1.82, 2.24) is 19.7 Å². The van der Waals surface area contributed by atoms with E-state index in [-0.39, 0.29) is 0 Å². The molecule has 1 saturated carbocycles. The third-order valence-electron chi connectivity index (χ3n) is 3.80.